The van der Waals surface area contributed by atoms with Gasteiger partial charge in [0, 0.05) is 6.07 Å². The second-order valence-corrected chi connectivity index (χ2v) is 6.36. The monoisotopic (exact) mass is 358 g/mol. The van der Waals surface area contributed by atoms with Crippen molar-refractivity contribution in [2.75, 3.05) is 6.54 Å². The Morgan fingerprint density at radius 3 is 2.38 bits per heavy atom. The fraction of sp³-hybridized carbons (Fsp3) is 0.211. The van der Waals surface area contributed by atoms with E-state index in [1.165, 1.54) is 0 Å². The summed E-state index contributed by atoms with van der Waals surface area (Å²) in [7, 11) is 0. The van der Waals surface area contributed by atoms with Gasteiger partial charge in [0.1, 0.15) is 17.2 Å². The molecule has 134 valence electrons. The number of rotatable bonds is 4. The number of halogens is 2. The van der Waals surface area contributed by atoms with Crippen molar-refractivity contribution in [3.05, 3.63) is 70.8 Å². The molecule has 0 aromatic heterocycles. The van der Waals surface area contributed by atoms with Crippen molar-refractivity contribution >= 4 is 17.7 Å². The molecule has 0 radical (unpaired) electrons. The van der Waals surface area contributed by atoms with Crippen LogP contribution >= 0.6 is 0 Å². The second-order valence-electron chi connectivity index (χ2n) is 6.36. The van der Waals surface area contributed by atoms with Gasteiger partial charge in [0.2, 0.25) is 0 Å². The van der Waals surface area contributed by atoms with Gasteiger partial charge < -0.3 is 5.32 Å². The number of nitrogens with one attached hydrogen (secondary N) is 1. The third-order valence-electron chi connectivity index (χ3n) is 4.44. The first-order chi connectivity index (χ1) is 12.2. The molecule has 5 nitrogen and oxygen atoms in total. The number of benzene rings is 2. The summed E-state index contributed by atoms with van der Waals surface area (Å²) < 4.78 is 26.7. The van der Waals surface area contributed by atoms with Gasteiger partial charge in [-0.25, -0.2) is 13.6 Å². The number of aryl methyl sites for hydroxylation is 1. The van der Waals surface area contributed by atoms with Crippen molar-refractivity contribution in [3.63, 3.8) is 0 Å². The molecule has 1 N–H and O–H groups in total. The molecule has 1 atom stereocenters. The van der Waals surface area contributed by atoms with Gasteiger partial charge in [-0.3, -0.25) is 14.5 Å². The Hall–Kier alpha value is -3.09. The molecule has 1 fully saturated rings. The zero-order chi connectivity index (χ0) is 19.1. The Kier molecular flexibility index (Phi) is 4.31. The van der Waals surface area contributed by atoms with E-state index < -0.39 is 41.4 Å². The number of carbonyl (C=O) groups excluding carboxylic acids is 3. The Labute approximate surface area is 148 Å². The lowest BCUT2D eigenvalue weighted by atomic mass is 9.91. The van der Waals surface area contributed by atoms with E-state index in [0.29, 0.717) is 11.6 Å². The molecule has 0 aliphatic carbocycles. The van der Waals surface area contributed by atoms with Crippen LogP contribution < -0.4 is 5.32 Å². The van der Waals surface area contributed by atoms with E-state index in [1.807, 2.05) is 19.1 Å². The molecule has 0 unspecified atom stereocenters. The zero-order valence-electron chi connectivity index (χ0n) is 14.2. The third-order valence-corrected chi connectivity index (χ3v) is 4.44. The normalized spacial score (nSPS) is 19.6. The molecule has 0 bridgehead atoms. The Morgan fingerprint density at radius 1 is 1.12 bits per heavy atom. The Morgan fingerprint density at radius 2 is 1.77 bits per heavy atom. The standard InChI is InChI=1S/C19H16F2N2O3/c1-11-3-5-12(6-4-11)19(2)17(25)23(18(26)22-19)10-16(24)14-8-7-13(20)9-15(14)21/h3-9H,10H2,1-2H3,(H,22,26)/t19-/m0/s1. The maximum atomic E-state index is 13.8. The minimum Gasteiger partial charge on any atom is -0.319 e. The summed E-state index contributed by atoms with van der Waals surface area (Å²) in [6, 6.07) is 8.83. The molecule has 0 saturated carbocycles. The van der Waals surface area contributed by atoms with E-state index in [0.717, 1.165) is 22.6 Å². The smallest absolute Gasteiger partial charge is 0.319 e. The van der Waals surface area contributed by atoms with Gasteiger partial charge in [-0.1, -0.05) is 29.8 Å². The zero-order valence-corrected chi connectivity index (χ0v) is 14.2. The number of ketones is 1. The molecular formula is C19H16F2N2O3. The molecule has 1 heterocycles. The van der Waals surface area contributed by atoms with E-state index in [-0.39, 0.29) is 5.56 Å². The number of Topliss-reactive ketones (excluding diaryl/α,β-unsaturated/α-hetero) is 1. The maximum absolute atomic E-state index is 13.8. The fourth-order valence-electron chi connectivity index (χ4n) is 2.87. The number of amides is 3. The van der Waals surface area contributed by atoms with Crippen LogP contribution in [0.4, 0.5) is 13.6 Å². The number of urea groups is 1. The van der Waals surface area contributed by atoms with Crippen molar-refractivity contribution in [3.8, 4) is 0 Å². The summed E-state index contributed by atoms with van der Waals surface area (Å²) in [6.07, 6.45) is 0. The highest BCUT2D eigenvalue weighted by molar-refractivity contribution is 6.11. The van der Waals surface area contributed by atoms with Crippen LogP contribution in [0.5, 0.6) is 0 Å². The van der Waals surface area contributed by atoms with Crippen molar-refractivity contribution in [2.24, 2.45) is 0 Å². The summed E-state index contributed by atoms with van der Waals surface area (Å²) in [6.45, 7) is 2.80. The molecular weight excluding hydrogens is 342 g/mol. The largest absolute Gasteiger partial charge is 0.325 e. The Bertz CT molecular complexity index is 912. The van der Waals surface area contributed by atoms with Crippen LogP contribution in [0.2, 0.25) is 0 Å². The first-order valence-electron chi connectivity index (χ1n) is 7.92. The maximum Gasteiger partial charge on any atom is 0.325 e. The van der Waals surface area contributed by atoms with E-state index in [1.54, 1.807) is 19.1 Å². The average Bonchev–Trinajstić information content (AvgIpc) is 2.79. The van der Waals surface area contributed by atoms with Gasteiger partial charge in [0.25, 0.3) is 5.91 Å². The van der Waals surface area contributed by atoms with Crippen LogP contribution in [0, 0.1) is 18.6 Å². The number of imide groups is 1. The molecule has 3 rings (SSSR count). The number of nitrogens with zero attached hydrogens (tertiary/aromatic N) is 1. The lowest BCUT2D eigenvalue weighted by Crippen LogP contribution is -2.41. The van der Waals surface area contributed by atoms with E-state index in [4.69, 9.17) is 0 Å². The number of hydrogen-bond donors (Lipinski definition) is 1. The van der Waals surface area contributed by atoms with Crippen LogP contribution in [-0.2, 0) is 10.3 Å². The lowest BCUT2D eigenvalue weighted by Gasteiger charge is -2.22. The summed E-state index contributed by atoms with van der Waals surface area (Å²) >= 11 is 0. The highest BCUT2D eigenvalue weighted by atomic mass is 19.1. The number of carbonyl (C=O) groups is 3. The van der Waals surface area contributed by atoms with E-state index in [9.17, 15) is 23.2 Å². The molecule has 1 aliphatic heterocycles. The minimum atomic E-state index is -1.31. The predicted octanol–water partition coefficient (Wildman–Crippen LogP) is 2.92. The fourth-order valence-corrected chi connectivity index (χ4v) is 2.87. The predicted molar refractivity (Wildman–Crippen MR) is 89.5 cm³/mol. The van der Waals surface area contributed by atoms with Crippen LogP contribution in [-0.4, -0.2) is 29.2 Å². The third kappa shape index (κ3) is 2.96. The van der Waals surface area contributed by atoms with Crippen molar-refractivity contribution in [1.82, 2.24) is 10.2 Å². The summed E-state index contributed by atoms with van der Waals surface area (Å²) in [4.78, 5) is 38.0. The van der Waals surface area contributed by atoms with Crippen LogP contribution in [0.15, 0.2) is 42.5 Å². The molecule has 2 aromatic carbocycles. The molecule has 1 saturated heterocycles. The number of hydrogen-bond acceptors (Lipinski definition) is 3. The van der Waals surface area contributed by atoms with Gasteiger partial charge in [-0.2, -0.15) is 0 Å². The SMILES string of the molecule is Cc1ccc([C@]2(C)NC(=O)N(CC(=O)c3ccc(F)cc3F)C2=O)cc1. The van der Waals surface area contributed by atoms with Crippen LogP contribution in [0.25, 0.3) is 0 Å². The molecule has 7 heteroatoms. The second kappa shape index (κ2) is 6.33. The van der Waals surface area contributed by atoms with Crippen molar-refractivity contribution < 1.29 is 23.2 Å². The van der Waals surface area contributed by atoms with E-state index >= 15 is 0 Å². The van der Waals surface area contributed by atoms with Crippen LogP contribution in [0.1, 0.15) is 28.4 Å². The van der Waals surface area contributed by atoms with Gasteiger partial charge in [-0.05, 0) is 31.5 Å². The topological polar surface area (TPSA) is 66.5 Å². The van der Waals surface area contributed by atoms with Crippen molar-refractivity contribution in [1.29, 1.82) is 0 Å². The molecule has 0 spiro atoms. The van der Waals surface area contributed by atoms with Crippen LogP contribution in [0.3, 0.4) is 0 Å². The first-order valence-corrected chi connectivity index (χ1v) is 7.92. The highest BCUT2D eigenvalue weighted by Crippen LogP contribution is 2.29. The summed E-state index contributed by atoms with van der Waals surface area (Å²) in [5.74, 6) is -3.26. The summed E-state index contributed by atoms with van der Waals surface area (Å²) in [5.41, 5.74) is -0.125. The Balaban J connectivity index is 1.85. The highest BCUT2D eigenvalue weighted by Gasteiger charge is 2.49. The summed E-state index contributed by atoms with van der Waals surface area (Å²) in [5, 5.41) is 2.58. The van der Waals surface area contributed by atoms with Crippen molar-refractivity contribution in [2.45, 2.75) is 19.4 Å². The molecule has 1 aliphatic rings. The van der Waals surface area contributed by atoms with Gasteiger partial charge >= 0.3 is 6.03 Å². The van der Waals surface area contributed by atoms with Gasteiger partial charge in [-0.15, -0.1) is 0 Å². The first kappa shape index (κ1) is 17.7. The van der Waals surface area contributed by atoms with E-state index in [2.05, 4.69) is 5.32 Å². The average molecular weight is 358 g/mol. The molecule has 26 heavy (non-hydrogen) atoms. The van der Waals surface area contributed by atoms with Gasteiger partial charge in [0.05, 0.1) is 12.1 Å². The quantitative estimate of drug-likeness (QED) is 0.675. The molecule has 2 aromatic rings. The molecule has 3 amide bonds. The lowest BCUT2D eigenvalue weighted by molar-refractivity contribution is -0.130. The van der Waals surface area contributed by atoms with Gasteiger partial charge in [0.15, 0.2) is 5.78 Å². The minimum absolute atomic E-state index is 0.379.